The Labute approximate surface area is 199 Å². The van der Waals surface area contributed by atoms with E-state index >= 15 is 0 Å². The molecule has 0 bridgehead atoms. The molecular weight excluding hydrogens is 459 g/mol. The number of para-hydroxylation sites is 1. The lowest BCUT2D eigenvalue weighted by Gasteiger charge is -2.27. The molecule has 0 unspecified atom stereocenters. The molecule has 2 heterocycles. The van der Waals surface area contributed by atoms with Crippen LogP contribution in [0.15, 0.2) is 34.2 Å². The van der Waals surface area contributed by atoms with Crippen LogP contribution in [0.5, 0.6) is 0 Å². The molecule has 3 aromatic rings. The molecule has 0 spiro atoms. The van der Waals surface area contributed by atoms with Crippen LogP contribution in [0, 0.1) is 23.1 Å². The van der Waals surface area contributed by atoms with Gasteiger partial charge in [0.25, 0.3) is 5.56 Å². The minimum Gasteiger partial charge on any atom is -0.337 e. The third-order valence-corrected chi connectivity index (χ3v) is 8.29. The Bertz CT molecular complexity index is 1320. The molecule has 1 aromatic carbocycles. The summed E-state index contributed by atoms with van der Waals surface area (Å²) in [6.07, 6.45) is 3.83. The molecule has 0 saturated heterocycles. The molecule has 6 nitrogen and oxygen atoms in total. The Morgan fingerprint density at radius 2 is 2.09 bits per heavy atom. The Morgan fingerprint density at radius 3 is 2.79 bits per heavy atom. The van der Waals surface area contributed by atoms with Crippen molar-refractivity contribution in [3.05, 3.63) is 50.9 Å². The fraction of sp³-hybridized carbons (Fsp3) is 0.417. The van der Waals surface area contributed by atoms with E-state index < -0.39 is 11.4 Å². The van der Waals surface area contributed by atoms with Crippen LogP contribution in [0.3, 0.4) is 0 Å². The number of thioether (sulfide) groups is 1. The van der Waals surface area contributed by atoms with Crippen molar-refractivity contribution in [2.45, 2.75) is 57.1 Å². The second-order valence-corrected chi connectivity index (χ2v) is 10.7. The lowest BCUT2D eigenvalue weighted by atomic mass is 9.90. The molecule has 33 heavy (non-hydrogen) atoms. The number of hydrogen-bond donors (Lipinski definition) is 1. The quantitative estimate of drug-likeness (QED) is 0.408. The van der Waals surface area contributed by atoms with E-state index in [2.05, 4.69) is 11.4 Å². The lowest BCUT2D eigenvalue weighted by Crippen LogP contribution is -2.49. The summed E-state index contributed by atoms with van der Waals surface area (Å²) in [4.78, 5) is 32.8. The highest BCUT2D eigenvalue weighted by molar-refractivity contribution is 7.99. The number of rotatable bonds is 6. The normalized spacial score (nSPS) is 15.2. The highest BCUT2D eigenvalue weighted by atomic mass is 32.2. The van der Waals surface area contributed by atoms with Gasteiger partial charge in [-0.1, -0.05) is 37.7 Å². The summed E-state index contributed by atoms with van der Waals surface area (Å²) in [7, 11) is 0. The van der Waals surface area contributed by atoms with Crippen LogP contribution in [0.4, 0.5) is 4.39 Å². The van der Waals surface area contributed by atoms with E-state index in [9.17, 15) is 19.2 Å². The maximum Gasteiger partial charge on any atom is 0.267 e. The van der Waals surface area contributed by atoms with Gasteiger partial charge in [0.05, 0.1) is 22.9 Å². The molecule has 9 heteroatoms. The number of halogens is 1. The zero-order valence-corrected chi connectivity index (χ0v) is 20.4. The van der Waals surface area contributed by atoms with E-state index in [1.54, 1.807) is 25.1 Å². The molecule has 1 N–H and O–H groups in total. The van der Waals surface area contributed by atoms with Gasteiger partial charge in [0.1, 0.15) is 16.2 Å². The van der Waals surface area contributed by atoms with Crippen LogP contribution < -0.4 is 10.9 Å². The number of hydrogen-bond acceptors (Lipinski definition) is 6. The lowest BCUT2D eigenvalue weighted by molar-refractivity contribution is -0.120. The highest BCUT2D eigenvalue weighted by Gasteiger charge is 2.30. The van der Waals surface area contributed by atoms with Gasteiger partial charge < -0.3 is 5.32 Å². The molecule has 4 rings (SSSR count). The number of nitriles is 1. The maximum absolute atomic E-state index is 14.7. The van der Waals surface area contributed by atoms with Crippen molar-refractivity contribution in [3.8, 4) is 11.8 Å². The molecule has 1 aliphatic rings. The number of nitrogens with one attached hydrogen (secondary N) is 1. The van der Waals surface area contributed by atoms with Crippen molar-refractivity contribution in [1.82, 2.24) is 14.9 Å². The van der Waals surface area contributed by atoms with E-state index in [0.717, 1.165) is 43.0 Å². The second-order valence-electron chi connectivity index (χ2n) is 8.68. The molecule has 1 atom stereocenters. The highest BCUT2D eigenvalue weighted by Crippen LogP contribution is 2.35. The summed E-state index contributed by atoms with van der Waals surface area (Å²) < 4.78 is 16.0. The SMILES string of the molecule is CC(C)[C@@](C)(C#N)NC(=O)CSc1nc2sc3c(c2c(=O)n1-c1ccccc1F)CCCC3. The third kappa shape index (κ3) is 4.42. The first-order chi connectivity index (χ1) is 15.7. The molecule has 0 saturated carbocycles. The Morgan fingerprint density at radius 1 is 1.36 bits per heavy atom. The van der Waals surface area contributed by atoms with Gasteiger partial charge in [-0.2, -0.15) is 5.26 Å². The standard InChI is InChI=1S/C24H25FN4O2S2/c1-14(2)24(3,13-26)28-19(30)12-32-23-27-21-20(15-8-4-7-11-18(15)33-21)22(31)29(23)17-10-6-5-9-16(17)25/h5-6,9-10,14H,4,7-8,11-12H2,1-3H3,(H,28,30)/t24-/m1/s1. The summed E-state index contributed by atoms with van der Waals surface area (Å²) in [6.45, 7) is 5.40. The monoisotopic (exact) mass is 484 g/mol. The number of thiophene rings is 1. The first-order valence-corrected chi connectivity index (χ1v) is 12.7. The second kappa shape index (κ2) is 9.27. The van der Waals surface area contributed by atoms with E-state index in [1.807, 2.05) is 13.8 Å². The molecule has 0 fully saturated rings. The van der Waals surface area contributed by atoms with Crippen molar-refractivity contribution in [2.24, 2.45) is 5.92 Å². The zero-order valence-electron chi connectivity index (χ0n) is 18.8. The summed E-state index contributed by atoms with van der Waals surface area (Å²) in [5.41, 5.74) is -0.177. The Kier molecular flexibility index (Phi) is 6.59. The number of fused-ring (bicyclic) bond motifs is 3. The molecule has 0 aliphatic heterocycles. The summed E-state index contributed by atoms with van der Waals surface area (Å²) >= 11 is 2.58. The number of amides is 1. The molecule has 2 aromatic heterocycles. The van der Waals surface area contributed by atoms with Crippen LogP contribution in [0.1, 0.15) is 44.1 Å². The van der Waals surface area contributed by atoms with E-state index in [1.165, 1.54) is 26.8 Å². The van der Waals surface area contributed by atoms with E-state index in [-0.39, 0.29) is 34.0 Å². The van der Waals surface area contributed by atoms with Crippen LogP contribution >= 0.6 is 23.1 Å². The third-order valence-electron chi connectivity index (χ3n) is 6.17. The van der Waals surface area contributed by atoms with Gasteiger partial charge in [0.2, 0.25) is 5.91 Å². The predicted molar refractivity (Wildman–Crippen MR) is 130 cm³/mol. The van der Waals surface area contributed by atoms with Crippen molar-refractivity contribution >= 4 is 39.2 Å². The number of aryl methyl sites for hydroxylation is 2. The Hall–Kier alpha value is -2.70. The van der Waals surface area contributed by atoms with Gasteiger partial charge in [-0.3, -0.25) is 14.2 Å². The fourth-order valence-corrected chi connectivity index (χ4v) is 5.99. The van der Waals surface area contributed by atoms with Crippen molar-refractivity contribution in [1.29, 1.82) is 5.26 Å². The van der Waals surface area contributed by atoms with Gasteiger partial charge in [-0.05, 0) is 56.2 Å². The Balaban J connectivity index is 1.77. The van der Waals surface area contributed by atoms with Gasteiger partial charge in [-0.25, -0.2) is 9.37 Å². The maximum atomic E-state index is 14.7. The number of benzene rings is 1. The van der Waals surface area contributed by atoms with Crippen LogP contribution in [-0.2, 0) is 17.6 Å². The molecule has 0 radical (unpaired) electrons. The largest absolute Gasteiger partial charge is 0.337 e. The topological polar surface area (TPSA) is 87.8 Å². The first-order valence-electron chi connectivity index (χ1n) is 10.9. The molecule has 172 valence electrons. The summed E-state index contributed by atoms with van der Waals surface area (Å²) in [5.74, 6) is -1.02. The minimum atomic E-state index is -1.01. The van der Waals surface area contributed by atoms with E-state index in [4.69, 9.17) is 4.98 Å². The van der Waals surface area contributed by atoms with Crippen LogP contribution in [-0.4, -0.2) is 26.8 Å². The summed E-state index contributed by atoms with van der Waals surface area (Å²) in [5, 5.41) is 13.1. The van der Waals surface area contributed by atoms with Gasteiger partial charge in [0.15, 0.2) is 5.16 Å². The fourth-order valence-electron chi connectivity index (χ4n) is 3.89. The first kappa shape index (κ1) is 23.5. The van der Waals surface area contributed by atoms with Crippen molar-refractivity contribution in [2.75, 3.05) is 5.75 Å². The molecular formula is C24H25FN4O2S2. The zero-order chi connectivity index (χ0) is 23.8. The average molecular weight is 485 g/mol. The van der Waals surface area contributed by atoms with Crippen LogP contribution in [0.2, 0.25) is 0 Å². The van der Waals surface area contributed by atoms with Gasteiger partial charge >= 0.3 is 0 Å². The number of carbonyl (C=O) groups excluding carboxylic acids is 1. The smallest absolute Gasteiger partial charge is 0.267 e. The number of nitrogens with zero attached hydrogens (tertiary/aromatic N) is 3. The van der Waals surface area contributed by atoms with Gasteiger partial charge in [0, 0.05) is 4.88 Å². The van der Waals surface area contributed by atoms with E-state index in [0.29, 0.717) is 10.2 Å². The van der Waals surface area contributed by atoms with Gasteiger partial charge in [-0.15, -0.1) is 11.3 Å². The van der Waals surface area contributed by atoms with Crippen LogP contribution in [0.25, 0.3) is 15.9 Å². The average Bonchev–Trinajstić information content (AvgIpc) is 3.17. The summed E-state index contributed by atoms with van der Waals surface area (Å²) in [6, 6.07) is 8.23. The van der Waals surface area contributed by atoms with Crippen molar-refractivity contribution < 1.29 is 9.18 Å². The molecule has 1 aliphatic carbocycles. The van der Waals surface area contributed by atoms with Crippen molar-refractivity contribution in [3.63, 3.8) is 0 Å². The number of aromatic nitrogens is 2. The predicted octanol–water partition coefficient (Wildman–Crippen LogP) is 4.61. The molecule has 1 amide bonds. The minimum absolute atomic E-state index is 0.0541. The number of carbonyl (C=O) groups is 1.